The molecule has 1 aromatic rings. The van der Waals surface area contributed by atoms with Gasteiger partial charge in [-0.3, -0.25) is 14.9 Å². The Hall–Kier alpha value is -2.24. The van der Waals surface area contributed by atoms with Crippen molar-refractivity contribution in [2.75, 3.05) is 6.54 Å². The number of ketones is 1. The minimum absolute atomic E-state index is 0.0138. The Morgan fingerprint density at radius 3 is 2.33 bits per heavy atom. The number of hydrogen-bond acceptors (Lipinski definition) is 5. The maximum absolute atomic E-state index is 11.7. The molecule has 0 saturated heterocycles. The first kappa shape index (κ1) is 13.8. The summed E-state index contributed by atoms with van der Waals surface area (Å²) in [6.45, 7) is 2.52. The van der Waals surface area contributed by atoms with Crippen LogP contribution in [0.4, 0.5) is 0 Å². The molecule has 0 aliphatic rings. The summed E-state index contributed by atoms with van der Waals surface area (Å²) in [5.41, 5.74) is 0.0675. The van der Waals surface area contributed by atoms with Crippen molar-refractivity contribution in [2.24, 2.45) is 0 Å². The van der Waals surface area contributed by atoms with Crippen LogP contribution in [0.25, 0.3) is 0 Å². The smallest absolute Gasteiger partial charge is 0.339 e. The number of carbonyl (C=O) groups excluding carboxylic acids is 2. The molecule has 0 aliphatic carbocycles. The lowest BCUT2D eigenvalue weighted by molar-refractivity contribution is -0.465. The lowest BCUT2D eigenvalue weighted by Crippen LogP contribution is -2.19. The number of esters is 1. The first-order valence-corrected chi connectivity index (χ1v) is 5.37. The average molecular weight is 251 g/mol. The topological polar surface area (TPSA) is 86.5 Å². The maximum Gasteiger partial charge on any atom is 0.339 e. The Kier molecular flexibility index (Phi) is 4.53. The number of hydrogen-bond donors (Lipinski definition) is 0. The van der Waals surface area contributed by atoms with E-state index in [1.807, 2.05) is 0 Å². The predicted molar refractivity (Wildman–Crippen MR) is 63.2 cm³/mol. The van der Waals surface area contributed by atoms with Crippen LogP contribution < -0.4 is 0 Å². The standard InChI is InChI=1S/C12H13NO5/c1-8(2)18-12(15)10-6-4-3-5-9(10)11(14)7-13(16)17/h3-6,8H,7H2,1-2H3. The van der Waals surface area contributed by atoms with Crippen molar-refractivity contribution in [1.29, 1.82) is 0 Å². The molecule has 96 valence electrons. The molecule has 0 bridgehead atoms. The van der Waals surface area contributed by atoms with Crippen LogP contribution in [0.5, 0.6) is 0 Å². The minimum Gasteiger partial charge on any atom is -0.459 e. The summed E-state index contributed by atoms with van der Waals surface area (Å²) < 4.78 is 4.97. The van der Waals surface area contributed by atoms with Gasteiger partial charge in [-0.1, -0.05) is 18.2 Å². The van der Waals surface area contributed by atoms with E-state index in [-0.39, 0.29) is 17.2 Å². The molecule has 1 aromatic carbocycles. The van der Waals surface area contributed by atoms with E-state index in [9.17, 15) is 19.7 Å². The van der Waals surface area contributed by atoms with E-state index in [4.69, 9.17) is 4.74 Å². The molecule has 0 aliphatic heterocycles. The van der Waals surface area contributed by atoms with E-state index in [1.165, 1.54) is 12.1 Å². The van der Waals surface area contributed by atoms with Crippen molar-refractivity contribution in [1.82, 2.24) is 0 Å². The third-order valence-corrected chi connectivity index (χ3v) is 2.06. The molecule has 0 atom stereocenters. The zero-order chi connectivity index (χ0) is 13.7. The number of Topliss-reactive ketones (excluding diaryl/α,β-unsaturated/α-hetero) is 1. The molecule has 0 fully saturated rings. The third-order valence-electron chi connectivity index (χ3n) is 2.06. The van der Waals surface area contributed by atoms with Gasteiger partial charge in [0, 0.05) is 10.5 Å². The number of nitrogens with zero attached hydrogens (tertiary/aromatic N) is 1. The van der Waals surface area contributed by atoms with E-state index in [2.05, 4.69) is 0 Å². The Labute approximate surface area is 104 Å². The molecule has 1 rings (SSSR count). The van der Waals surface area contributed by atoms with Gasteiger partial charge in [-0.15, -0.1) is 0 Å². The molecular weight excluding hydrogens is 238 g/mol. The van der Waals surface area contributed by atoms with Crippen LogP contribution in [0.2, 0.25) is 0 Å². The SMILES string of the molecule is CC(C)OC(=O)c1ccccc1C(=O)C[N+](=O)[O-]. The Morgan fingerprint density at radius 2 is 1.83 bits per heavy atom. The van der Waals surface area contributed by atoms with Gasteiger partial charge < -0.3 is 4.74 Å². The van der Waals surface area contributed by atoms with Gasteiger partial charge in [-0.25, -0.2) is 4.79 Å². The van der Waals surface area contributed by atoms with Crippen molar-refractivity contribution in [2.45, 2.75) is 20.0 Å². The number of carbonyl (C=O) groups is 2. The molecule has 0 spiro atoms. The second kappa shape index (κ2) is 5.90. The normalized spacial score (nSPS) is 10.2. The number of ether oxygens (including phenoxy) is 1. The van der Waals surface area contributed by atoms with Crippen LogP contribution in [-0.4, -0.2) is 29.3 Å². The maximum atomic E-state index is 11.7. The molecule has 18 heavy (non-hydrogen) atoms. The number of benzene rings is 1. The van der Waals surface area contributed by atoms with Gasteiger partial charge in [0.05, 0.1) is 11.7 Å². The van der Waals surface area contributed by atoms with Crippen LogP contribution in [0.3, 0.4) is 0 Å². The largest absolute Gasteiger partial charge is 0.459 e. The van der Waals surface area contributed by atoms with Gasteiger partial charge in [0.25, 0.3) is 6.54 Å². The number of nitro groups is 1. The van der Waals surface area contributed by atoms with E-state index in [0.717, 1.165) is 0 Å². The zero-order valence-electron chi connectivity index (χ0n) is 10.1. The fraction of sp³-hybridized carbons (Fsp3) is 0.333. The molecule has 0 N–H and O–H groups in total. The monoisotopic (exact) mass is 251 g/mol. The van der Waals surface area contributed by atoms with Crippen molar-refractivity contribution < 1.29 is 19.2 Å². The lowest BCUT2D eigenvalue weighted by atomic mass is 10.0. The van der Waals surface area contributed by atoms with Crippen molar-refractivity contribution in [3.63, 3.8) is 0 Å². The summed E-state index contributed by atoms with van der Waals surface area (Å²) in [5, 5.41) is 10.3. The molecule has 6 nitrogen and oxygen atoms in total. The summed E-state index contributed by atoms with van der Waals surface area (Å²) in [4.78, 5) is 32.9. The van der Waals surface area contributed by atoms with E-state index >= 15 is 0 Å². The third kappa shape index (κ3) is 3.65. The molecule has 0 radical (unpaired) electrons. The van der Waals surface area contributed by atoms with Gasteiger partial charge in [-0.05, 0) is 19.9 Å². The molecule has 0 unspecified atom stereocenters. The number of rotatable bonds is 5. The van der Waals surface area contributed by atoms with Crippen molar-refractivity contribution in [3.05, 3.63) is 45.5 Å². The molecule has 6 heteroatoms. The van der Waals surface area contributed by atoms with Gasteiger partial charge in [0.15, 0.2) is 0 Å². The highest BCUT2D eigenvalue weighted by molar-refractivity contribution is 6.06. The average Bonchev–Trinajstić information content (AvgIpc) is 2.27. The zero-order valence-corrected chi connectivity index (χ0v) is 10.1. The fourth-order valence-corrected chi connectivity index (χ4v) is 1.38. The second-order valence-electron chi connectivity index (χ2n) is 3.91. The van der Waals surface area contributed by atoms with Gasteiger partial charge >= 0.3 is 5.97 Å². The van der Waals surface area contributed by atoms with Crippen LogP contribution in [0, 0.1) is 10.1 Å². The van der Waals surface area contributed by atoms with Gasteiger partial charge in [-0.2, -0.15) is 0 Å². The Bertz CT molecular complexity index is 481. The van der Waals surface area contributed by atoms with Crippen LogP contribution in [0.15, 0.2) is 24.3 Å². The first-order chi connectivity index (χ1) is 8.41. The Morgan fingerprint density at radius 1 is 1.28 bits per heavy atom. The summed E-state index contributed by atoms with van der Waals surface area (Å²) in [6, 6.07) is 5.90. The van der Waals surface area contributed by atoms with E-state index in [1.54, 1.807) is 26.0 Å². The van der Waals surface area contributed by atoms with Crippen LogP contribution in [0.1, 0.15) is 34.6 Å². The minimum atomic E-state index is -0.841. The highest BCUT2D eigenvalue weighted by Gasteiger charge is 2.21. The Balaban J connectivity index is 3.02. The second-order valence-corrected chi connectivity index (χ2v) is 3.91. The predicted octanol–water partition coefficient (Wildman–Crippen LogP) is 1.71. The molecule has 0 heterocycles. The van der Waals surface area contributed by atoms with Gasteiger partial charge in [0.1, 0.15) is 0 Å². The highest BCUT2D eigenvalue weighted by Crippen LogP contribution is 2.12. The molecular formula is C12H13NO5. The molecule has 0 amide bonds. The highest BCUT2D eigenvalue weighted by atomic mass is 16.6. The lowest BCUT2D eigenvalue weighted by Gasteiger charge is -2.10. The fourth-order valence-electron chi connectivity index (χ4n) is 1.38. The first-order valence-electron chi connectivity index (χ1n) is 5.37. The summed E-state index contributed by atoms with van der Waals surface area (Å²) in [5.74, 6) is -1.37. The van der Waals surface area contributed by atoms with Crippen molar-refractivity contribution in [3.8, 4) is 0 Å². The van der Waals surface area contributed by atoms with Crippen LogP contribution in [-0.2, 0) is 4.74 Å². The quantitative estimate of drug-likeness (QED) is 0.344. The van der Waals surface area contributed by atoms with E-state index in [0.29, 0.717) is 0 Å². The van der Waals surface area contributed by atoms with E-state index < -0.39 is 23.2 Å². The summed E-state index contributed by atoms with van der Waals surface area (Å²) >= 11 is 0. The summed E-state index contributed by atoms with van der Waals surface area (Å²) in [7, 11) is 0. The van der Waals surface area contributed by atoms with Crippen LogP contribution >= 0.6 is 0 Å². The summed E-state index contributed by atoms with van der Waals surface area (Å²) in [6.07, 6.45) is -0.323. The van der Waals surface area contributed by atoms with Crippen molar-refractivity contribution >= 4 is 11.8 Å². The van der Waals surface area contributed by atoms with Gasteiger partial charge in [0.2, 0.25) is 5.78 Å². The molecule has 0 saturated carbocycles. The molecule has 0 aromatic heterocycles.